The number of fused-ring (bicyclic) bond motifs is 1. The molecule has 5 rings (SSSR count). The molecule has 1 aliphatic carbocycles. The number of likely N-dealkylation sites (N-methyl/N-ethyl adjacent to an activating group) is 1. The summed E-state index contributed by atoms with van der Waals surface area (Å²) in [7, 11) is 2.17. The predicted molar refractivity (Wildman–Crippen MR) is 127 cm³/mol. The van der Waals surface area contributed by atoms with Crippen LogP contribution in [0.15, 0.2) is 59.6 Å². The standard InChI is InChI=1S/C23H26N6OS/c1-28-10-12-29(13-11-28)18-7-5-17(6-8-18)25-23-26-20-9-14-31-21(20)22(27-23)30-19-4-2-3-16(24)15-19/h2-9,14,19H,10-13,15,24H2,1H3,(H,25,26,27). The normalized spacial score (nSPS) is 19.5. The molecule has 3 heterocycles. The van der Waals surface area contributed by atoms with Crippen LogP contribution < -0.4 is 20.7 Å². The van der Waals surface area contributed by atoms with E-state index >= 15 is 0 Å². The minimum Gasteiger partial charge on any atom is -0.469 e. The summed E-state index contributed by atoms with van der Waals surface area (Å²) in [6, 6.07) is 10.4. The Morgan fingerprint density at radius 2 is 1.90 bits per heavy atom. The molecule has 1 aromatic carbocycles. The highest BCUT2D eigenvalue weighted by atomic mass is 32.1. The first-order valence-corrected chi connectivity index (χ1v) is 11.4. The molecule has 1 atom stereocenters. The molecular formula is C23H26N6OS. The average Bonchev–Trinajstić information content (AvgIpc) is 3.24. The molecule has 1 fully saturated rings. The Bertz CT molecular complexity index is 1110. The molecule has 2 aromatic heterocycles. The highest BCUT2D eigenvalue weighted by Crippen LogP contribution is 2.32. The SMILES string of the molecule is CN1CCN(c2ccc(Nc3nc(OC4C=CC=C(N)C4)c4sccc4n3)cc2)CC1. The van der Waals surface area contributed by atoms with Crippen LogP contribution in [0.2, 0.25) is 0 Å². The van der Waals surface area contributed by atoms with Gasteiger partial charge >= 0.3 is 0 Å². The zero-order chi connectivity index (χ0) is 21.2. The molecule has 3 aromatic rings. The molecule has 0 amide bonds. The number of anilines is 3. The third-order valence-corrected chi connectivity index (χ3v) is 6.49. The molecule has 1 unspecified atom stereocenters. The van der Waals surface area contributed by atoms with Crippen molar-refractivity contribution in [3.63, 3.8) is 0 Å². The van der Waals surface area contributed by atoms with Crippen LogP contribution in [0.3, 0.4) is 0 Å². The Balaban J connectivity index is 1.33. The fourth-order valence-electron chi connectivity index (χ4n) is 3.82. The monoisotopic (exact) mass is 434 g/mol. The molecule has 8 heteroatoms. The number of ether oxygens (including phenoxy) is 1. The van der Waals surface area contributed by atoms with E-state index in [1.54, 1.807) is 11.3 Å². The average molecular weight is 435 g/mol. The first-order valence-electron chi connectivity index (χ1n) is 10.5. The summed E-state index contributed by atoms with van der Waals surface area (Å²) >= 11 is 1.58. The number of rotatable bonds is 5. The quantitative estimate of drug-likeness (QED) is 0.633. The third-order valence-electron chi connectivity index (χ3n) is 5.60. The first-order chi connectivity index (χ1) is 15.1. The topological polar surface area (TPSA) is 79.5 Å². The summed E-state index contributed by atoms with van der Waals surface area (Å²) in [5, 5.41) is 5.34. The molecule has 160 valence electrons. The highest BCUT2D eigenvalue weighted by Gasteiger charge is 2.17. The summed E-state index contributed by atoms with van der Waals surface area (Å²) in [5.41, 5.74) is 9.83. The molecule has 0 bridgehead atoms. The van der Waals surface area contributed by atoms with E-state index in [1.807, 2.05) is 29.7 Å². The van der Waals surface area contributed by atoms with Crippen molar-refractivity contribution in [1.29, 1.82) is 0 Å². The van der Waals surface area contributed by atoms with Gasteiger partial charge in [-0.15, -0.1) is 11.3 Å². The van der Waals surface area contributed by atoms with Crippen LogP contribution in [-0.4, -0.2) is 54.2 Å². The van der Waals surface area contributed by atoms with E-state index < -0.39 is 0 Å². The molecule has 0 radical (unpaired) electrons. The fourth-order valence-corrected chi connectivity index (χ4v) is 4.58. The van der Waals surface area contributed by atoms with Crippen molar-refractivity contribution in [2.45, 2.75) is 12.5 Å². The molecule has 3 N–H and O–H groups in total. The van der Waals surface area contributed by atoms with Gasteiger partial charge in [0, 0.05) is 49.7 Å². The molecule has 2 aliphatic rings. The summed E-state index contributed by atoms with van der Waals surface area (Å²) in [4.78, 5) is 14.1. The van der Waals surface area contributed by atoms with Crippen LogP contribution in [0.5, 0.6) is 5.88 Å². The number of nitrogens with zero attached hydrogens (tertiary/aromatic N) is 4. The minimum absolute atomic E-state index is 0.124. The van der Waals surface area contributed by atoms with Crippen LogP contribution in [0, 0.1) is 0 Å². The van der Waals surface area contributed by atoms with Gasteiger partial charge in [0.15, 0.2) is 0 Å². The minimum atomic E-state index is -0.124. The van der Waals surface area contributed by atoms with Gasteiger partial charge in [-0.25, -0.2) is 4.98 Å². The Labute approximate surface area is 185 Å². The van der Waals surface area contributed by atoms with Gasteiger partial charge in [0.2, 0.25) is 11.8 Å². The molecule has 1 aliphatic heterocycles. The van der Waals surface area contributed by atoms with Crippen LogP contribution in [0.4, 0.5) is 17.3 Å². The summed E-state index contributed by atoms with van der Waals surface area (Å²) in [5.74, 6) is 1.11. The number of thiophene rings is 1. The van der Waals surface area contributed by atoms with E-state index in [-0.39, 0.29) is 6.10 Å². The molecular weight excluding hydrogens is 408 g/mol. The van der Waals surface area contributed by atoms with Crippen molar-refractivity contribution in [1.82, 2.24) is 14.9 Å². The van der Waals surface area contributed by atoms with Crippen molar-refractivity contribution in [3.8, 4) is 5.88 Å². The number of nitrogens with two attached hydrogens (primary N) is 1. The first kappa shape index (κ1) is 19.8. The van der Waals surface area contributed by atoms with Crippen LogP contribution >= 0.6 is 11.3 Å². The van der Waals surface area contributed by atoms with Crippen molar-refractivity contribution in [3.05, 3.63) is 59.6 Å². The van der Waals surface area contributed by atoms with Crippen molar-refractivity contribution in [2.75, 3.05) is 43.4 Å². The zero-order valence-electron chi connectivity index (χ0n) is 17.5. The van der Waals surface area contributed by atoms with Crippen molar-refractivity contribution >= 4 is 38.9 Å². The predicted octanol–water partition coefficient (Wildman–Crippen LogP) is 3.74. The molecule has 1 saturated heterocycles. The number of allylic oxidation sites excluding steroid dienone is 2. The lowest BCUT2D eigenvalue weighted by Gasteiger charge is -2.34. The van der Waals surface area contributed by atoms with E-state index in [0.29, 0.717) is 18.2 Å². The van der Waals surface area contributed by atoms with E-state index in [4.69, 9.17) is 10.5 Å². The van der Waals surface area contributed by atoms with Gasteiger partial charge in [-0.1, -0.05) is 6.08 Å². The summed E-state index contributed by atoms with van der Waals surface area (Å²) < 4.78 is 7.13. The highest BCUT2D eigenvalue weighted by molar-refractivity contribution is 7.17. The number of hydrogen-bond acceptors (Lipinski definition) is 8. The second kappa shape index (κ2) is 8.56. The van der Waals surface area contributed by atoms with Crippen LogP contribution in [-0.2, 0) is 0 Å². The second-order valence-corrected chi connectivity index (χ2v) is 8.85. The maximum atomic E-state index is 6.18. The number of benzene rings is 1. The maximum Gasteiger partial charge on any atom is 0.237 e. The van der Waals surface area contributed by atoms with E-state index in [2.05, 4.69) is 56.4 Å². The zero-order valence-corrected chi connectivity index (χ0v) is 18.3. The number of hydrogen-bond donors (Lipinski definition) is 2. The Morgan fingerprint density at radius 1 is 1.10 bits per heavy atom. The third kappa shape index (κ3) is 4.50. The number of nitrogens with one attached hydrogen (secondary N) is 1. The van der Waals surface area contributed by atoms with E-state index in [0.717, 1.165) is 47.8 Å². The maximum absolute atomic E-state index is 6.18. The number of piperazine rings is 1. The van der Waals surface area contributed by atoms with Gasteiger partial charge < -0.3 is 25.6 Å². The lowest BCUT2D eigenvalue weighted by Crippen LogP contribution is -2.44. The van der Waals surface area contributed by atoms with Crippen molar-refractivity contribution < 1.29 is 4.74 Å². The van der Waals surface area contributed by atoms with Crippen molar-refractivity contribution in [2.24, 2.45) is 5.73 Å². The molecule has 7 nitrogen and oxygen atoms in total. The van der Waals surface area contributed by atoms with Gasteiger partial charge in [0.1, 0.15) is 10.8 Å². The lowest BCUT2D eigenvalue weighted by molar-refractivity contribution is 0.241. The van der Waals surface area contributed by atoms with Crippen LogP contribution in [0.25, 0.3) is 10.2 Å². The number of aromatic nitrogens is 2. The summed E-state index contributed by atoms with van der Waals surface area (Å²) in [6.07, 6.45) is 6.36. The molecule has 0 spiro atoms. The smallest absolute Gasteiger partial charge is 0.237 e. The van der Waals surface area contributed by atoms with Crippen LogP contribution in [0.1, 0.15) is 6.42 Å². The van der Waals surface area contributed by atoms with E-state index in [9.17, 15) is 0 Å². The lowest BCUT2D eigenvalue weighted by atomic mass is 10.1. The molecule has 0 saturated carbocycles. The van der Waals surface area contributed by atoms with Gasteiger partial charge in [-0.2, -0.15) is 4.98 Å². The Morgan fingerprint density at radius 3 is 2.68 bits per heavy atom. The fraction of sp³-hybridized carbons (Fsp3) is 0.304. The Hall–Kier alpha value is -3.10. The van der Waals surface area contributed by atoms with E-state index in [1.165, 1.54) is 5.69 Å². The van der Waals surface area contributed by atoms with Gasteiger partial charge in [-0.05, 0) is 54.9 Å². The van der Waals surface area contributed by atoms with Gasteiger partial charge in [-0.3, -0.25) is 0 Å². The van der Waals surface area contributed by atoms with Gasteiger partial charge in [0.05, 0.1) is 5.52 Å². The summed E-state index contributed by atoms with van der Waals surface area (Å²) in [6.45, 7) is 4.29. The Kier molecular flexibility index (Phi) is 5.48. The largest absolute Gasteiger partial charge is 0.469 e. The molecule has 31 heavy (non-hydrogen) atoms. The second-order valence-electron chi connectivity index (χ2n) is 7.94. The van der Waals surface area contributed by atoms with Gasteiger partial charge in [0.25, 0.3) is 0 Å².